The fourth-order valence-electron chi connectivity index (χ4n) is 6.88. The van der Waals surface area contributed by atoms with Crippen molar-refractivity contribution in [3.63, 3.8) is 0 Å². The minimum Gasteiger partial charge on any atom is -0.481 e. The third-order valence-corrected chi connectivity index (χ3v) is 10.4. The molecule has 2 fully saturated rings. The number of nitrogens with one attached hydrogen (secondary N) is 5. The molecule has 21 nitrogen and oxygen atoms in total. The number of likely N-dealkylation sites (tertiary alicyclic amines) is 2. The molecule has 0 unspecified atom stereocenters. The van der Waals surface area contributed by atoms with Crippen LogP contribution in [0.4, 0.5) is 0 Å². The Balaban J connectivity index is 2.25. The van der Waals surface area contributed by atoms with Crippen molar-refractivity contribution < 1.29 is 63.3 Å². The van der Waals surface area contributed by atoms with Gasteiger partial charge in [0.05, 0.1) is 18.9 Å². The normalized spacial score (nSPS) is 19.6. The van der Waals surface area contributed by atoms with Crippen LogP contribution < -0.4 is 32.3 Å². The van der Waals surface area contributed by atoms with E-state index in [-0.39, 0.29) is 44.0 Å². The van der Waals surface area contributed by atoms with Crippen LogP contribution in [0, 0.1) is 17.8 Å². The van der Waals surface area contributed by atoms with Gasteiger partial charge in [-0.3, -0.25) is 43.2 Å². The molecule has 2 saturated heterocycles. The van der Waals surface area contributed by atoms with Crippen molar-refractivity contribution in [3.8, 4) is 0 Å². The zero-order valence-electron chi connectivity index (χ0n) is 34.3. The van der Waals surface area contributed by atoms with E-state index in [0.29, 0.717) is 12.8 Å². The molecule has 0 aliphatic carbocycles. The van der Waals surface area contributed by atoms with Gasteiger partial charge in [0, 0.05) is 18.8 Å². The summed E-state index contributed by atoms with van der Waals surface area (Å²) < 4.78 is 0. The number of nitrogens with zero attached hydrogens (tertiary/aromatic N) is 2. The highest BCUT2D eigenvalue weighted by Crippen LogP contribution is 2.23. The first-order chi connectivity index (χ1) is 27.5. The quantitative estimate of drug-likeness (QED) is 0.0529. The number of carbonyl (C=O) groups excluding carboxylic acids is 7. The van der Waals surface area contributed by atoms with Crippen molar-refractivity contribution >= 4 is 71.9 Å². The van der Waals surface area contributed by atoms with Gasteiger partial charge in [-0.1, -0.05) is 41.5 Å². The molecule has 0 radical (unpaired) electrons. The van der Waals surface area contributed by atoms with Gasteiger partial charge in [0.25, 0.3) is 0 Å². The van der Waals surface area contributed by atoms with Gasteiger partial charge in [-0.2, -0.15) is 12.6 Å². The summed E-state index contributed by atoms with van der Waals surface area (Å²) in [6, 6.07) is -10.2. The smallest absolute Gasteiger partial charge is 0.326 e. The maximum Gasteiger partial charge on any atom is 0.326 e. The summed E-state index contributed by atoms with van der Waals surface area (Å²) in [6.07, 6.45) is -0.368. The van der Waals surface area contributed by atoms with Crippen LogP contribution in [0.25, 0.3) is 0 Å². The summed E-state index contributed by atoms with van der Waals surface area (Å²) in [5.74, 6) is -10.9. The van der Waals surface area contributed by atoms with E-state index in [1.807, 2.05) is 13.8 Å². The molecular formula is C37H60N8O13S. The zero-order valence-corrected chi connectivity index (χ0v) is 35.2. The van der Waals surface area contributed by atoms with E-state index >= 15 is 0 Å². The molecule has 332 valence electrons. The summed E-state index contributed by atoms with van der Waals surface area (Å²) in [7, 11) is 0. The molecule has 0 saturated carbocycles. The van der Waals surface area contributed by atoms with E-state index in [2.05, 4.69) is 39.2 Å². The average Bonchev–Trinajstić information content (AvgIpc) is 3.84. The molecule has 2 heterocycles. The van der Waals surface area contributed by atoms with Gasteiger partial charge in [-0.25, -0.2) is 4.79 Å². The molecule has 0 spiro atoms. The number of aliphatic carboxylic acids is 3. The summed E-state index contributed by atoms with van der Waals surface area (Å²) >= 11 is 3.94. The minimum absolute atomic E-state index is 0.0788. The zero-order chi connectivity index (χ0) is 44.9. The summed E-state index contributed by atoms with van der Waals surface area (Å²) in [5, 5.41) is 40.3. The monoisotopic (exact) mass is 856 g/mol. The lowest BCUT2D eigenvalue weighted by Crippen LogP contribution is -2.61. The fraction of sp³-hybridized carbons (Fsp3) is 0.730. The lowest BCUT2D eigenvalue weighted by atomic mass is 9.98. The molecule has 10 N–H and O–H groups in total. The maximum absolute atomic E-state index is 14.0. The maximum atomic E-state index is 14.0. The Kier molecular flexibility index (Phi) is 19.5. The first-order valence-electron chi connectivity index (χ1n) is 19.7. The van der Waals surface area contributed by atoms with E-state index in [1.165, 1.54) is 9.80 Å². The Bertz CT molecular complexity index is 1590. The fourth-order valence-corrected chi connectivity index (χ4v) is 7.05. The molecule has 0 bridgehead atoms. The van der Waals surface area contributed by atoms with Crippen LogP contribution in [0.15, 0.2) is 0 Å². The van der Waals surface area contributed by atoms with E-state index < -0.39 is 132 Å². The molecule has 22 heteroatoms. The highest BCUT2D eigenvalue weighted by molar-refractivity contribution is 7.80. The highest BCUT2D eigenvalue weighted by Gasteiger charge is 2.43. The van der Waals surface area contributed by atoms with Gasteiger partial charge < -0.3 is 57.4 Å². The third-order valence-electron chi connectivity index (χ3n) is 10.0. The number of amides is 7. The van der Waals surface area contributed by atoms with Crippen molar-refractivity contribution in [2.75, 3.05) is 18.8 Å². The second kappa shape index (κ2) is 23.0. The topological polar surface area (TPSA) is 324 Å². The molecule has 0 aromatic rings. The largest absolute Gasteiger partial charge is 0.481 e. The van der Waals surface area contributed by atoms with Gasteiger partial charge in [-0.15, -0.1) is 0 Å². The predicted octanol–water partition coefficient (Wildman–Crippen LogP) is -1.96. The van der Waals surface area contributed by atoms with Crippen LogP contribution in [-0.4, -0.2) is 152 Å². The summed E-state index contributed by atoms with van der Waals surface area (Å²) in [6.45, 7) is 10.5. The van der Waals surface area contributed by atoms with E-state index in [0.717, 1.165) is 0 Å². The molecule has 59 heavy (non-hydrogen) atoms. The van der Waals surface area contributed by atoms with Gasteiger partial charge in [0.15, 0.2) is 0 Å². The number of nitrogens with two attached hydrogens (primary N) is 1. The Morgan fingerprint density at radius 1 is 0.610 bits per heavy atom. The number of rotatable bonds is 22. The second-order valence-electron chi connectivity index (χ2n) is 16.0. The Morgan fingerprint density at radius 2 is 1.08 bits per heavy atom. The molecule has 8 atom stereocenters. The first kappa shape index (κ1) is 50.2. The van der Waals surface area contributed by atoms with Gasteiger partial charge >= 0.3 is 17.9 Å². The lowest BCUT2D eigenvalue weighted by molar-refractivity contribution is -0.148. The minimum atomic E-state index is -1.72. The van der Waals surface area contributed by atoms with E-state index in [4.69, 9.17) is 10.8 Å². The molecule has 7 amide bonds. The van der Waals surface area contributed by atoms with Crippen LogP contribution in [0.5, 0.6) is 0 Å². The van der Waals surface area contributed by atoms with Gasteiger partial charge in [0.1, 0.15) is 42.3 Å². The molecule has 2 aliphatic heterocycles. The van der Waals surface area contributed by atoms with Crippen molar-refractivity contribution in [1.29, 1.82) is 0 Å². The second-order valence-corrected chi connectivity index (χ2v) is 16.3. The van der Waals surface area contributed by atoms with Crippen molar-refractivity contribution in [3.05, 3.63) is 0 Å². The van der Waals surface area contributed by atoms with Crippen LogP contribution in [0.1, 0.15) is 86.5 Å². The van der Waals surface area contributed by atoms with Crippen LogP contribution in [0.3, 0.4) is 0 Å². The Hall–Kier alpha value is -4.99. The SMILES string of the molecule is CC(C)C[C@H](NC(=O)[C@@H](NC(=O)[C@@H]1CCCN1C(=O)[C@@H](NC(=O)[C@H](CC(=O)O)NC(=O)[C@@H](N)CS)C(C)C)C(C)C)C(=O)N1CCC[C@H]1C(=O)N[C@@H](CC(=O)O)C(=O)O. The number of carboxylic acid groups (broad SMARTS) is 3. The van der Waals surface area contributed by atoms with Gasteiger partial charge in [0.2, 0.25) is 41.4 Å². The molecule has 0 aromatic carbocycles. The van der Waals surface area contributed by atoms with Crippen molar-refractivity contribution in [2.24, 2.45) is 23.5 Å². The number of thiol groups is 1. The summed E-state index contributed by atoms with van der Waals surface area (Å²) in [5.41, 5.74) is 5.67. The van der Waals surface area contributed by atoms with Crippen molar-refractivity contribution in [2.45, 2.75) is 135 Å². The molecule has 0 aromatic heterocycles. The van der Waals surface area contributed by atoms with Crippen LogP contribution >= 0.6 is 12.6 Å². The predicted molar refractivity (Wildman–Crippen MR) is 212 cm³/mol. The number of carbonyl (C=O) groups is 10. The Morgan fingerprint density at radius 3 is 1.54 bits per heavy atom. The molecular weight excluding hydrogens is 797 g/mol. The molecule has 2 rings (SSSR count). The number of hydrogen-bond acceptors (Lipinski definition) is 12. The van der Waals surface area contributed by atoms with Gasteiger partial charge in [-0.05, 0) is 49.9 Å². The van der Waals surface area contributed by atoms with E-state index in [9.17, 15) is 58.2 Å². The van der Waals surface area contributed by atoms with Crippen molar-refractivity contribution in [1.82, 2.24) is 36.4 Å². The first-order valence-corrected chi connectivity index (χ1v) is 20.3. The molecule has 2 aliphatic rings. The highest BCUT2D eigenvalue weighted by atomic mass is 32.1. The number of carboxylic acids is 3. The lowest BCUT2D eigenvalue weighted by Gasteiger charge is -2.33. The summed E-state index contributed by atoms with van der Waals surface area (Å²) in [4.78, 5) is 131. The third kappa shape index (κ3) is 14.7. The van der Waals surface area contributed by atoms with Crippen LogP contribution in [0.2, 0.25) is 0 Å². The van der Waals surface area contributed by atoms with Crippen LogP contribution in [-0.2, 0) is 47.9 Å². The Labute approximate surface area is 348 Å². The average molecular weight is 857 g/mol. The number of hydrogen-bond donors (Lipinski definition) is 10. The standard InChI is InChI=1S/C37H60N8O13S/c1-17(2)13-22(35(55)44-11-7-9-24(44)32(52)41-23(37(57)58)15-27(48)49)40-34(54)28(18(3)4)42-33(53)25-10-8-12-45(25)36(56)29(19(5)6)43-31(51)21(14-26(46)47)39-30(50)20(38)16-59/h17-25,28-29,59H,7-16,38H2,1-6H3,(H,39,50)(H,40,54)(H,41,52)(H,42,53)(H,43,51)(H,46,47)(H,48,49)(H,57,58)/t20-,21-,22-,23-,24-,25-,28-,29-/m0/s1. The van der Waals surface area contributed by atoms with E-state index in [1.54, 1.807) is 27.7 Å².